The molecule has 1 aliphatic rings. The number of halogens is 2. The van der Waals surface area contributed by atoms with Crippen LogP contribution in [0.4, 0.5) is 8.78 Å². The molecular formula is C14H19F2NO. The van der Waals surface area contributed by atoms with Crippen LogP contribution in [-0.2, 0) is 6.42 Å². The van der Waals surface area contributed by atoms with Crippen molar-refractivity contribution in [2.24, 2.45) is 5.41 Å². The molecule has 1 aliphatic carbocycles. The topological polar surface area (TPSA) is 32.3 Å². The number of aliphatic hydroxyl groups is 1. The fraction of sp³-hybridized carbons (Fsp3) is 0.571. The zero-order valence-electron chi connectivity index (χ0n) is 10.4. The first-order chi connectivity index (χ1) is 8.65. The molecule has 0 aliphatic heterocycles. The highest BCUT2D eigenvalue weighted by molar-refractivity contribution is 5.18. The summed E-state index contributed by atoms with van der Waals surface area (Å²) in [6.45, 7) is 1.74. The van der Waals surface area contributed by atoms with Gasteiger partial charge in [-0.25, -0.2) is 8.78 Å². The van der Waals surface area contributed by atoms with E-state index >= 15 is 0 Å². The molecule has 1 aromatic rings. The molecule has 0 bridgehead atoms. The molecule has 0 atom stereocenters. The van der Waals surface area contributed by atoms with E-state index in [0.29, 0.717) is 13.0 Å². The number of rotatable bonds is 6. The average Bonchev–Trinajstić information content (AvgIpc) is 2.32. The molecule has 0 saturated heterocycles. The third-order valence-electron chi connectivity index (χ3n) is 3.82. The van der Waals surface area contributed by atoms with Gasteiger partial charge in [0.25, 0.3) is 0 Å². The van der Waals surface area contributed by atoms with Gasteiger partial charge in [0.15, 0.2) is 11.6 Å². The van der Waals surface area contributed by atoms with Gasteiger partial charge in [-0.15, -0.1) is 0 Å². The van der Waals surface area contributed by atoms with E-state index in [2.05, 4.69) is 5.32 Å². The third kappa shape index (κ3) is 3.06. The van der Waals surface area contributed by atoms with E-state index in [4.69, 9.17) is 0 Å². The molecule has 0 heterocycles. The van der Waals surface area contributed by atoms with E-state index in [0.717, 1.165) is 31.0 Å². The summed E-state index contributed by atoms with van der Waals surface area (Å²) < 4.78 is 25.7. The van der Waals surface area contributed by atoms with Crippen molar-refractivity contribution in [1.82, 2.24) is 5.32 Å². The van der Waals surface area contributed by atoms with Gasteiger partial charge in [0.1, 0.15) is 0 Å². The molecule has 0 amide bonds. The lowest BCUT2D eigenvalue weighted by Crippen LogP contribution is -2.43. The van der Waals surface area contributed by atoms with Gasteiger partial charge < -0.3 is 10.4 Å². The highest BCUT2D eigenvalue weighted by Gasteiger charge is 2.35. The zero-order chi connectivity index (χ0) is 13.0. The van der Waals surface area contributed by atoms with E-state index in [1.807, 2.05) is 0 Å². The second-order valence-corrected chi connectivity index (χ2v) is 5.19. The normalized spacial score (nSPS) is 17.5. The SMILES string of the molecule is OCC1(CNCCc2ccc(F)c(F)c2)CCC1. The average molecular weight is 255 g/mol. The van der Waals surface area contributed by atoms with Crippen LogP contribution in [0.25, 0.3) is 0 Å². The molecule has 18 heavy (non-hydrogen) atoms. The number of hydrogen-bond acceptors (Lipinski definition) is 2. The fourth-order valence-electron chi connectivity index (χ4n) is 2.35. The van der Waals surface area contributed by atoms with E-state index in [1.54, 1.807) is 6.07 Å². The standard InChI is InChI=1S/C14H19F2NO/c15-12-3-2-11(8-13(12)16)4-7-17-9-14(10-18)5-1-6-14/h2-3,8,17-18H,1,4-7,9-10H2. The van der Waals surface area contributed by atoms with Crippen LogP contribution in [0.5, 0.6) is 0 Å². The molecule has 100 valence electrons. The fourth-order valence-corrected chi connectivity index (χ4v) is 2.35. The van der Waals surface area contributed by atoms with Gasteiger partial charge in [-0.1, -0.05) is 12.5 Å². The van der Waals surface area contributed by atoms with Gasteiger partial charge in [0, 0.05) is 18.6 Å². The highest BCUT2D eigenvalue weighted by atomic mass is 19.2. The summed E-state index contributed by atoms with van der Waals surface area (Å²) in [6, 6.07) is 4.00. The monoisotopic (exact) mass is 255 g/mol. The maximum Gasteiger partial charge on any atom is 0.159 e. The Labute approximate surface area is 106 Å². The van der Waals surface area contributed by atoms with Crippen LogP contribution in [0.2, 0.25) is 0 Å². The lowest BCUT2D eigenvalue weighted by Gasteiger charge is -2.40. The van der Waals surface area contributed by atoms with E-state index in [-0.39, 0.29) is 12.0 Å². The molecule has 2 rings (SSSR count). The lowest BCUT2D eigenvalue weighted by atomic mass is 9.69. The van der Waals surface area contributed by atoms with Crippen molar-refractivity contribution in [2.75, 3.05) is 19.7 Å². The third-order valence-corrected chi connectivity index (χ3v) is 3.82. The van der Waals surface area contributed by atoms with Crippen molar-refractivity contribution in [2.45, 2.75) is 25.7 Å². The molecule has 2 N–H and O–H groups in total. The van der Waals surface area contributed by atoms with Crippen molar-refractivity contribution in [3.05, 3.63) is 35.4 Å². The Morgan fingerprint density at radius 1 is 1.22 bits per heavy atom. The van der Waals surface area contributed by atoms with Crippen molar-refractivity contribution >= 4 is 0 Å². The molecule has 0 radical (unpaired) electrons. The van der Waals surface area contributed by atoms with Crippen LogP contribution >= 0.6 is 0 Å². The Hall–Kier alpha value is -1.00. The number of hydrogen-bond donors (Lipinski definition) is 2. The molecule has 0 spiro atoms. The molecule has 0 aromatic heterocycles. The Morgan fingerprint density at radius 3 is 2.56 bits per heavy atom. The molecular weight excluding hydrogens is 236 g/mol. The minimum atomic E-state index is -0.805. The molecule has 1 aromatic carbocycles. The number of aliphatic hydroxyl groups excluding tert-OH is 1. The summed E-state index contributed by atoms with van der Waals surface area (Å²) in [4.78, 5) is 0. The van der Waals surface area contributed by atoms with Crippen LogP contribution in [0.1, 0.15) is 24.8 Å². The minimum Gasteiger partial charge on any atom is -0.396 e. The minimum absolute atomic E-state index is 0.0635. The summed E-state index contributed by atoms with van der Waals surface area (Å²) in [7, 11) is 0. The zero-order valence-corrected chi connectivity index (χ0v) is 10.4. The summed E-state index contributed by atoms with van der Waals surface area (Å²) in [5, 5.41) is 12.6. The van der Waals surface area contributed by atoms with Gasteiger partial charge in [-0.3, -0.25) is 0 Å². The molecule has 2 nitrogen and oxygen atoms in total. The summed E-state index contributed by atoms with van der Waals surface area (Å²) in [6.07, 6.45) is 3.99. The summed E-state index contributed by atoms with van der Waals surface area (Å²) in [5.74, 6) is -1.60. The van der Waals surface area contributed by atoms with E-state index < -0.39 is 11.6 Å². The Kier molecular flexibility index (Phi) is 4.30. The Balaban J connectivity index is 1.73. The quantitative estimate of drug-likeness (QED) is 0.764. The first-order valence-corrected chi connectivity index (χ1v) is 6.41. The van der Waals surface area contributed by atoms with Gasteiger partial charge in [0.2, 0.25) is 0 Å². The number of nitrogens with one attached hydrogen (secondary N) is 1. The van der Waals surface area contributed by atoms with Gasteiger partial charge in [0.05, 0.1) is 0 Å². The van der Waals surface area contributed by atoms with E-state index in [9.17, 15) is 13.9 Å². The van der Waals surface area contributed by atoms with Gasteiger partial charge >= 0.3 is 0 Å². The predicted molar refractivity (Wildman–Crippen MR) is 66.3 cm³/mol. The summed E-state index contributed by atoms with van der Waals surface area (Å²) >= 11 is 0. The largest absolute Gasteiger partial charge is 0.396 e. The molecule has 4 heteroatoms. The second-order valence-electron chi connectivity index (χ2n) is 5.19. The smallest absolute Gasteiger partial charge is 0.159 e. The second kappa shape index (κ2) is 5.76. The van der Waals surface area contributed by atoms with Crippen LogP contribution in [0.3, 0.4) is 0 Å². The highest BCUT2D eigenvalue weighted by Crippen LogP contribution is 2.39. The maximum atomic E-state index is 13.0. The van der Waals surface area contributed by atoms with E-state index in [1.165, 1.54) is 12.5 Å². The van der Waals surface area contributed by atoms with Gasteiger partial charge in [-0.05, 0) is 43.5 Å². The predicted octanol–water partition coefficient (Wildman–Crippen LogP) is 2.26. The van der Waals surface area contributed by atoms with Crippen molar-refractivity contribution in [3.63, 3.8) is 0 Å². The Morgan fingerprint density at radius 2 is 2.00 bits per heavy atom. The Bertz CT molecular complexity index is 399. The van der Waals surface area contributed by atoms with Crippen molar-refractivity contribution < 1.29 is 13.9 Å². The van der Waals surface area contributed by atoms with Crippen LogP contribution in [-0.4, -0.2) is 24.8 Å². The number of benzene rings is 1. The van der Waals surface area contributed by atoms with Crippen molar-refractivity contribution in [3.8, 4) is 0 Å². The molecule has 0 unspecified atom stereocenters. The van der Waals surface area contributed by atoms with Crippen molar-refractivity contribution in [1.29, 1.82) is 0 Å². The van der Waals surface area contributed by atoms with Crippen LogP contribution in [0, 0.1) is 17.0 Å². The molecule has 1 saturated carbocycles. The van der Waals surface area contributed by atoms with Crippen LogP contribution < -0.4 is 5.32 Å². The maximum absolute atomic E-state index is 13.0. The summed E-state index contributed by atoms with van der Waals surface area (Å²) in [5.41, 5.74) is 0.849. The van der Waals surface area contributed by atoms with Gasteiger partial charge in [-0.2, -0.15) is 0 Å². The lowest BCUT2D eigenvalue weighted by molar-refractivity contribution is 0.0451. The molecule has 1 fully saturated rings. The first kappa shape index (κ1) is 13.4. The van der Waals surface area contributed by atoms with Crippen LogP contribution in [0.15, 0.2) is 18.2 Å². The first-order valence-electron chi connectivity index (χ1n) is 6.41.